The van der Waals surface area contributed by atoms with Gasteiger partial charge in [0, 0.05) is 29.6 Å². The van der Waals surface area contributed by atoms with E-state index >= 15 is 0 Å². The highest BCUT2D eigenvalue weighted by Crippen LogP contribution is 2.30. The molecule has 0 heterocycles. The topological polar surface area (TPSA) is 58.2 Å². The maximum atomic E-state index is 13.6. The van der Waals surface area contributed by atoms with Gasteiger partial charge in [-0.15, -0.1) is 0 Å². The Balaban J connectivity index is 1.45. The Hall–Kier alpha value is -2.76. The second-order valence-corrected chi connectivity index (χ2v) is 6.85. The summed E-state index contributed by atoms with van der Waals surface area (Å²) in [6.45, 7) is 0.163. The Bertz CT molecular complexity index is 800. The maximum Gasteiger partial charge on any atom is 0.227 e. The normalized spacial score (nSPS) is 19.3. The third-order valence-corrected chi connectivity index (χ3v) is 4.99. The van der Waals surface area contributed by atoms with E-state index < -0.39 is 0 Å². The van der Waals surface area contributed by atoms with Gasteiger partial charge in [-0.25, -0.2) is 8.78 Å². The summed E-state index contributed by atoms with van der Waals surface area (Å²) in [5.74, 6) is -1.21. The molecule has 0 spiro atoms. The molecule has 1 saturated carbocycles. The first-order chi connectivity index (χ1) is 13.0. The number of benzene rings is 2. The van der Waals surface area contributed by atoms with Crippen molar-refractivity contribution < 1.29 is 18.4 Å². The zero-order valence-electron chi connectivity index (χ0n) is 14.9. The van der Waals surface area contributed by atoms with E-state index in [4.69, 9.17) is 0 Å². The number of rotatable bonds is 5. The van der Waals surface area contributed by atoms with Gasteiger partial charge in [-0.05, 0) is 56.0 Å². The van der Waals surface area contributed by atoms with Gasteiger partial charge in [-0.3, -0.25) is 9.59 Å². The molecule has 0 radical (unpaired) electrons. The fraction of sp³-hybridized carbons (Fsp3) is 0.333. The highest BCUT2D eigenvalue weighted by atomic mass is 19.1. The van der Waals surface area contributed by atoms with Crippen molar-refractivity contribution in [1.29, 1.82) is 0 Å². The Kier molecular flexibility index (Phi) is 6.16. The van der Waals surface area contributed by atoms with Crippen LogP contribution in [0.15, 0.2) is 48.5 Å². The van der Waals surface area contributed by atoms with E-state index in [0.29, 0.717) is 36.9 Å². The first-order valence-electron chi connectivity index (χ1n) is 9.10. The van der Waals surface area contributed by atoms with Crippen LogP contribution in [0.25, 0.3) is 0 Å². The molecule has 27 heavy (non-hydrogen) atoms. The van der Waals surface area contributed by atoms with Crippen LogP contribution in [0.5, 0.6) is 0 Å². The summed E-state index contributed by atoms with van der Waals surface area (Å²) in [5, 5.41) is 5.57. The number of hydrogen-bond donors (Lipinski definition) is 2. The smallest absolute Gasteiger partial charge is 0.227 e. The molecule has 1 fully saturated rings. The Morgan fingerprint density at radius 2 is 1.44 bits per heavy atom. The van der Waals surface area contributed by atoms with Crippen LogP contribution in [0.2, 0.25) is 0 Å². The van der Waals surface area contributed by atoms with E-state index in [1.165, 1.54) is 30.3 Å². The molecule has 2 N–H and O–H groups in total. The minimum absolute atomic E-state index is 0.101. The van der Waals surface area contributed by atoms with Crippen LogP contribution in [0.3, 0.4) is 0 Å². The molecule has 3 rings (SSSR count). The number of carbonyl (C=O) groups excluding carboxylic acids is 2. The predicted octanol–water partition coefficient (Wildman–Crippen LogP) is 4.03. The van der Waals surface area contributed by atoms with E-state index in [-0.39, 0.29) is 41.8 Å². The highest BCUT2D eigenvalue weighted by Gasteiger charge is 2.29. The summed E-state index contributed by atoms with van der Waals surface area (Å²) in [5.41, 5.74) is 1.02. The second-order valence-electron chi connectivity index (χ2n) is 6.85. The van der Waals surface area contributed by atoms with Gasteiger partial charge in [0.15, 0.2) is 0 Å². The fourth-order valence-electron chi connectivity index (χ4n) is 3.36. The highest BCUT2D eigenvalue weighted by molar-refractivity contribution is 5.92. The van der Waals surface area contributed by atoms with Crippen molar-refractivity contribution in [1.82, 2.24) is 5.32 Å². The van der Waals surface area contributed by atoms with E-state index in [0.717, 1.165) is 0 Å². The number of anilines is 1. The van der Waals surface area contributed by atoms with E-state index in [1.807, 2.05) is 0 Å². The lowest BCUT2D eigenvalue weighted by Crippen LogP contribution is -2.35. The van der Waals surface area contributed by atoms with Crippen molar-refractivity contribution in [3.05, 3.63) is 65.7 Å². The molecule has 2 aromatic rings. The lowest BCUT2D eigenvalue weighted by atomic mass is 9.81. The van der Waals surface area contributed by atoms with Crippen molar-refractivity contribution >= 4 is 17.5 Å². The van der Waals surface area contributed by atoms with Gasteiger partial charge in [-0.2, -0.15) is 0 Å². The summed E-state index contributed by atoms with van der Waals surface area (Å²) in [6, 6.07) is 12.0. The van der Waals surface area contributed by atoms with Crippen LogP contribution in [-0.2, 0) is 16.1 Å². The van der Waals surface area contributed by atoms with Gasteiger partial charge < -0.3 is 10.6 Å². The second kappa shape index (κ2) is 8.75. The number of nitrogens with one attached hydrogen (secondary N) is 2. The third-order valence-electron chi connectivity index (χ3n) is 4.99. The van der Waals surface area contributed by atoms with E-state index in [1.54, 1.807) is 18.2 Å². The molecular weight excluding hydrogens is 350 g/mol. The molecular formula is C21H22F2N2O2. The third kappa shape index (κ3) is 5.12. The first kappa shape index (κ1) is 19.0. The SMILES string of the molecule is O=C(NCc1ccccc1F)C1CCC(C(=O)Nc2ccc(F)cc2)CC1. The number of carbonyl (C=O) groups is 2. The fourth-order valence-corrected chi connectivity index (χ4v) is 3.36. The van der Waals surface area contributed by atoms with Crippen LogP contribution in [0.4, 0.5) is 14.5 Å². The minimum Gasteiger partial charge on any atom is -0.352 e. The molecule has 6 heteroatoms. The average molecular weight is 372 g/mol. The molecule has 0 bridgehead atoms. The van der Waals surface area contributed by atoms with Crippen molar-refractivity contribution in [3.8, 4) is 0 Å². The van der Waals surface area contributed by atoms with Gasteiger partial charge >= 0.3 is 0 Å². The molecule has 142 valence electrons. The van der Waals surface area contributed by atoms with Gasteiger partial charge in [0.25, 0.3) is 0 Å². The molecule has 1 aliphatic carbocycles. The summed E-state index contributed by atoms with van der Waals surface area (Å²) < 4.78 is 26.5. The van der Waals surface area contributed by atoms with Crippen molar-refractivity contribution in [3.63, 3.8) is 0 Å². The zero-order chi connectivity index (χ0) is 19.2. The zero-order valence-corrected chi connectivity index (χ0v) is 14.9. The number of hydrogen-bond acceptors (Lipinski definition) is 2. The lowest BCUT2D eigenvalue weighted by molar-refractivity contribution is -0.128. The lowest BCUT2D eigenvalue weighted by Gasteiger charge is -2.27. The Morgan fingerprint density at radius 1 is 0.852 bits per heavy atom. The summed E-state index contributed by atoms with van der Waals surface area (Å²) in [4.78, 5) is 24.6. The van der Waals surface area contributed by atoms with Crippen molar-refractivity contribution in [2.75, 3.05) is 5.32 Å². The number of halogens is 2. The van der Waals surface area contributed by atoms with Gasteiger partial charge in [0.05, 0.1) is 0 Å². The molecule has 0 saturated heterocycles. The molecule has 2 amide bonds. The Morgan fingerprint density at radius 3 is 2.07 bits per heavy atom. The first-order valence-corrected chi connectivity index (χ1v) is 9.10. The summed E-state index contributed by atoms with van der Waals surface area (Å²) >= 11 is 0. The van der Waals surface area contributed by atoms with Crippen LogP contribution in [0.1, 0.15) is 31.2 Å². The number of amides is 2. The van der Waals surface area contributed by atoms with Crippen LogP contribution in [0, 0.1) is 23.5 Å². The molecule has 0 aromatic heterocycles. The van der Waals surface area contributed by atoms with Gasteiger partial charge in [0.1, 0.15) is 11.6 Å². The minimum atomic E-state index is -0.352. The standard InChI is InChI=1S/C21H22F2N2O2/c22-17-9-11-18(12-10-17)25-21(27)15-7-5-14(6-8-15)20(26)24-13-16-3-1-2-4-19(16)23/h1-4,9-12,14-15H,5-8,13H2,(H,24,26)(H,25,27). The predicted molar refractivity (Wildman–Crippen MR) is 98.7 cm³/mol. The van der Waals surface area contributed by atoms with Crippen LogP contribution in [-0.4, -0.2) is 11.8 Å². The maximum absolute atomic E-state index is 13.6. The van der Waals surface area contributed by atoms with Crippen molar-refractivity contribution in [2.24, 2.45) is 11.8 Å². The van der Waals surface area contributed by atoms with Gasteiger partial charge in [0.2, 0.25) is 11.8 Å². The molecule has 0 unspecified atom stereocenters. The Labute approximate surface area is 157 Å². The van der Waals surface area contributed by atoms with Gasteiger partial charge in [-0.1, -0.05) is 18.2 Å². The average Bonchev–Trinajstić information content (AvgIpc) is 2.69. The van der Waals surface area contributed by atoms with Crippen LogP contribution >= 0.6 is 0 Å². The molecule has 1 aliphatic rings. The van der Waals surface area contributed by atoms with E-state index in [9.17, 15) is 18.4 Å². The monoisotopic (exact) mass is 372 g/mol. The summed E-state index contributed by atoms with van der Waals surface area (Å²) in [7, 11) is 0. The van der Waals surface area contributed by atoms with Crippen LogP contribution < -0.4 is 10.6 Å². The molecule has 0 aliphatic heterocycles. The molecule has 4 nitrogen and oxygen atoms in total. The largest absolute Gasteiger partial charge is 0.352 e. The molecule has 2 aromatic carbocycles. The quantitative estimate of drug-likeness (QED) is 0.833. The van der Waals surface area contributed by atoms with E-state index in [2.05, 4.69) is 10.6 Å². The van der Waals surface area contributed by atoms with Crippen molar-refractivity contribution in [2.45, 2.75) is 32.2 Å². The molecule has 0 atom stereocenters. The summed E-state index contributed by atoms with van der Waals surface area (Å²) in [6.07, 6.45) is 2.46.